The molecule has 0 aromatic carbocycles. The van der Waals surface area contributed by atoms with Gasteiger partial charge in [0.15, 0.2) is 0 Å². The number of pyridine rings is 1. The number of hydrogen-bond donors (Lipinski definition) is 1. The number of nitrogens with one attached hydrogen (secondary N) is 1. The van der Waals surface area contributed by atoms with Gasteiger partial charge in [-0.25, -0.2) is 0 Å². The van der Waals surface area contributed by atoms with E-state index in [1.807, 2.05) is 12.3 Å². The Hall–Kier alpha value is -0.890. The maximum atomic E-state index is 4.48. The molecular weight excluding hydrogens is 184 g/mol. The maximum Gasteiger partial charge on any atom is 0.0605 e. The molecule has 0 fully saturated rings. The van der Waals surface area contributed by atoms with E-state index in [2.05, 4.69) is 30.2 Å². The van der Waals surface area contributed by atoms with Crippen molar-refractivity contribution in [2.75, 3.05) is 6.54 Å². The predicted octanol–water partition coefficient (Wildman–Crippen LogP) is 2.70. The Labute approximate surface area is 92.1 Å². The van der Waals surface area contributed by atoms with Crippen LogP contribution in [0.1, 0.15) is 44.0 Å². The Kier molecular flexibility index (Phi) is 3.37. The molecule has 0 saturated heterocycles. The first kappa shape index (κ1) is 10.6. The van der Waals surface area contributed by atoms with Crippen LogP contribution >= 0.6 is 0 Å². The average Bonchev–Trinajstić information content (AvgIpc) is 2.62. The molecule has 0 spiro atoms. The Morgan fingerprint density at radius 1 is 1.53 bits per heavy atom. The molecule has 0 radical (unpaired) electrons. The summed E-state index contributed by atoms with van der Waals surface area (Å²) in [7, 11) is 0. The lowest BCUT2D eigenvalue weighted by Gasteiger charge is -2.13. The molecule has 1 heterocycles. The van der Waals surface area contributed by atoms with Gasteiger partial charge in [0.2, 0.25) is 0 Å². The highest BCUT2D eigenvalue weighted by atomic mass is 14.9. The minimum atomic E-state index is 0.500. The normalized spacial score (nSPS) is 19.5. The van der Waals surface area contributed by atoms with Crippen LogP contribution in [0, 0.1) is 5.92 Å². The third kappa shape index (κ3) is 2.57. The molecule has 0 aliphatic heterocycles. The lowest BCUT2D eigenvalue weighted by Crippen LogP contribution is -2.22. The Morgan fingerprint density at radius 2 is 2.40 bits per heavy atom. The van der Waals surface area contributed by atoms with E-state index in [1.54, 1.807) is 0 Å². The quantitative estimate of drug-likeness (QED) is 0.815. The van der Waals surface area contributed by atoms with Crippen molar-refractivity contribution in [2.24, 2.45) is 5.92 Å². The Balaban J connectivity index is 1.90. The summed E-state index contributed by atoms with van der Waals surface area (Å²) in [5.41, 5.74) is 2.71. The molecule has 2 heteroatoms. The van der Waals surface area contributed by atoms with Gasteiger partial charge in [-0.3, -0.25) is 4.98 Å². The van der Waals surface area contributed by atoms with Crippen LogP contribution in [0.4, 0.5) is 0 Å². The summed E-state index contributed by atoms with van der Waals surface area (Å²) in [6, 6.07) is 4.74. The van der Waals surface area contributed by atoms with E-state index in [9.17, 15) is 0 Å². The van der Waals surface area contributed by atoms with Crippen LogP contribution < -0.4 is 5.32 Å². The van der Waals surface area contributed by atoms with E-state index in [1.165, 1.54) is 30.5 Å². The van der Waals surface area contributed by atoms with Crippen molar-refractivity contribution >= 4 is 0 Å². The van der Waals surface area contributed by atoms with Crippen molar-refractivity contribution < 1.29 is 0 Å². The van der Waals surface area contributed by atoms with Crippen molar-refractivity contribution in [3.63, 3.8) is 0 Å². The van der Waals surface area contributed by atoms with Crippen LogP contribution in [0.3, 0.4) is 0 Å². The Bertz CT molecular complexity index is 320. The van der Waals surface area contributed by atoms with Crippen LogP contribution in [0.2, 0.25) is 0 Å². The van der Waals surface area contributed by atoms with Gasteiger partial charge in [0.1, 0.15) is 0 Å². The largest absolute Gasteiger partial charge is 0.309 e. The second-order valence-electron chi connectivity index (χ2n) is 4.78. The van der Waals surface area contributed by atoms with E-state index in [0.29, 0.717) is 6.04 Å². The SMILES string of the molecule is CC(C)CCNC1CCc2cccnc21. The summed E-state index contributed by atoms with van der Waals surface area (Å²) in [5.74, 6) is 0.780. The molecule has 2 rings (SSSR count). The highest BCUT2D eigenvalue weighted by molar-refractivity contribution is 5.27. The van der Waals surface area contributed by atoms with Crippen molar-refractivity contribution in [1.82, 2.24) is 10.3 Å². The van der Waals surface area contributed by atoms with Gasteiger partial charge in [0.25, 0.3) is 0 Å². The van der Waals surface area contributed by atoms with Gasteiger partial charge in [-0.05, 0) is 43.4 Å². The van der Waals surface area contributed by atoms with Crippen LogP contribution in [-0.4, -0.2) is 11.5 Å². The van der Waals surface area contributed by atoms with E-state index in [-0.39, 0.29) is 0 Å². The third-order valence-electron chi connectivity index (χ3n) is 3.07. The number of rotatable bonds is 4. The molecule has 1 unspecified atom stereocenters. The lowest BCUT2D eigenvalue weighted by molar-refractivity contribution is 0.471. The molecule has 0 bridgehead atoms. The van der Waals surface area contributed by atoms with Gasteiger partial charge >= 0.3 is 0 Å². The van der Waals surface area contributed by atoms with Gasteiger partial charge in [-0.1, -0.05) is 19.9 Å². The standard InChI is InChI=1S/C13H20N2/c1-10(2)7-9-14-12-6-5-11-4-3-8-15-13(11)12/h3-4,8,10,12,14H,5-7,9H2,1-2H3. The fourth-order valence-corrected chi connectivity index (χ4v) is 2.16. The van der Waals surface area contributed by atoms with Crippen molar-refractivity contribution in [3.8, 4) is 0 Å². The van der Waals surface area contributed by atoms with Gasteiger partial charge in [-0.2, -0.15) is 0 Å². The zero-order valence-corrected chi connectivity index (χ0v) is 9.66. The van der Waals surface area contributed by atoms with Crippen LogP contribution in [-0.2, 0) is 6.42 Å². The summed E-state index contributed by atoms with van der Waals surface area (Å²) < 4.78 is 0. The van der Waals surface area contributed by atoms with Gasteiger partial charge in [0, 0.05) is 6.20 Å². The molecule has 1 aromatic rings. The lowest BCUT2D eigenvalue weighted by atomic mass is 10.1. The van der Waals surface area contributed by atoms with E-state index in [4.69, 9.17) is 0 Å². The van der Waals surface area contributed by atoms with E-state index < -0.39 is 0 Å². The summed E-state index contributed by atoms with van der Waals surface area (Å²) in [6.45, 7) is 5.64. The molecule has 15 heavy (non-hydrogen) atoms. The maximum absolute atomic E-state index is 4.48. The second kappa shape index (κ2) is 4.75. The average molecular weight is 204 g/mol. The summed E-state index contributed by atoms with van der Waals surface area (Å²) in [4.78, 5) is 4.48. The first-order chi connectivity index (χ1) is 7.27. The van der Waals surface area contributed by atoms with E-state index >= 15 is 0 Å². The monoisotopic (exact) mass is 204 g/mol. The molecule has 0 saturated carbocycles. The molecular formula is C13H20N2. The number of nitrogens with zero attached hydrogens (tertiary/aromatic N) is 1. The predicted molar refractivity (Wildman–Crippen MR) is 62.8 cm³/mol. The zero-order chi connectivity index (χ0) is 10.7. The van der Waals surface area contributed by atoms with Crippen LogP contribution in [0.15, 0.2) is 18.3 Å². The van der Waals surface area contributed by atoms with Crippen LogP contribution in [0.5, 0.6) is 0 Å². The van der Waals surface area contributed by atoms with E-state index in [0.717, 1.165) is 12.5 Å². The topological polar surface area (TPSA) is 24.9 Å². The van der Waals surface area contributed by atoms with Crippen molar-refractivity contribution in [3.05, 3.63) is 29.6 Å². The number of aryl methyl sites for hydroxylation is 1. The number of aromatic nitrogens is 1. The van der Waals surface area contributed by atoms with Gasteiger partial charge in [-0.15, -0.1) is 0 Å². The third-order valence-corrected chi connectivity index (χ3v) is 3.07. The molecule has 2 nitrogen and oxygen atoms in total. The van der Waals surface area contributed by atoms with Crippen molar-refractivity contribution in [1.29, 1.82) is 0 Å². The first-order valence-electron chi connectivity index (χ1n) is 5.94. The summed E-state index contributed by atoms with van der Waals surface area (Å²) in [5, 5.41) is 3.61. The highest BCUT2D eigenvalue weighted by Crippen LogP contribution is 2.28. The minimum absolute atomic E-state index is 0.500. The van der Waals surface area contributed by atoms with Crippen molar-refractivity contribution in [2.45, 2.75) is 39.2 Å². The Morgan fingerprint density at radius 3 is 3.20 bits per heavy atom. The number of fused-ring (bicyclic) bond motifs is 1. The minimum Gasteiger partial charge on any atom is -0.309 e. The fraction of sp³-hybridized carbons (Fsp3) is 0.615. The molecule has 1 atom stereocenters. The molecule has 0 amide bonds. The summed E-state index contributed by atoms with van der Waals surface area (Å²) in [6.07, 6.45) is 5.55. The smallest absolute Gasteiger partial charge is 0.0605 e. The van der Waals surface area contributed by atoms with Gasteiger partial charge in [0.05, 0.1) is 11.7 Å². The molecule has 82 valence electrons. The molecule has 1 N–H and O–H groups in total. The molecule has 1 aliphatic rings. The zero-order valence-electron chi connectivity index (χ0n) is 9.66. The fourth-order valence-electron chi connectivity index (χ4n) is 2.16. The molecule has 1 aliphatic carbocycles. The first-order valence-corrected chi connectivity index (χ1v) is 5.94. The summed E-state index contributed by atoms with van der Waals surface area (Å²) >= 11 is 0. The number of hydrogen-bond acceptors (Lipinski definition) is 2. The van der Waals surface area contributed by atoms with Gasteiger partial charge < -0.3 is 5.32 Å². The highest BCUT2D eigenvalue weighted by Gasteiger charge is 2.22. The molecule has 1 aromatic heterocycles. The second-order valence-corrected chi connectivity index (χ2v) is 4.78. The van der Waals surface area contributed by atoms with Crippen LogP contribution in [0.25, 0.3) is 0 Å².